The van der Waals surface area contributed by atoms with Gasteiger partial charge in [-0.3, -0.25) is 4.79 Å². The first kappa shape index (κ1) is 21.5. The van der Waals surface area contributed by atoms with Crippen molar-refractivity contribution in [2.75, 3.05) is 18.5 Å². The number of para-hydroxylation sites is 1. The van der Waals surface area contributed by atoms with Gasteiger partial charge in [0.2, 0.25) is 0 Å². The third kappa shape index (κ3) is 5.46. The Labute approximate surface area is 189 Å². The molecule has 3 aromatic rings. The van der Waals surface area contributed by atoms with Crippen molar-refractivity contribution in [2.24, 2.45) is 0 Å². The lowest BCUT2D eigenvalue weighted by molar-refractivity contribution is -0.118. The Morgan fingerprint density at radius 3 is 2.48 bits per heavy atom. The first-order valence-electron chi connectivity index (χ1n) is 8.71. The van der Waals surface area contributed by atoms with Crippen LogP contribution in [-0.4, -0.2) is 25.1 Å². The third-order valence-electron chi connectivity index (χ3n) is 3.87. The Balaban J connectivity index is 1.81. The summed E-state index contributed by atoms with van der Waals surface area (Å²) in [5.74, 6) is -0.279. The first-order chi connectivity index (χ1) is 14.0. The second-order valence-electron chi connectivity index (χ2n) is 5.85. The molecule has 0 unspecified atom stereocenters. The highest BCUT2D eigenvalue weighted by molar-refractivity contribution is 9.10. The van der Waals surface area contributed by atoms with E-state index in [0.29, 0.717) is 21.9 Å². The Morgan fingerprint density at radius 1 is 1.07 bits per heavy atom. The topological polar surface area (TPSA) is 64.6 Å². The molecule has 1 aromatic heterocycles. The van der Waals surface area contributed by atoms with E-state index >= 15 is 0 Å². The fourth-order valence-corrected chi connectivity index (χ4v) is 4.20. The van der Waals surface area contributed by atoms with Crippen molar-refractivity contribution in [3.05, 3.63) is 68.4 Å². The lowest BCUT2D eigenvalue weighted by Gasteiger charge is -2.10. The summed E-state index contributed by atoms with van der Waals surface area (Å²) in [6.07, 6.45) is 0. The van der Waals surface area contributed by atoms with Crippen LogP contribution in [0, 0.1) is 0 Å². The van der Waals surface area contributed by atoms with Crippen molar-refractivity contribution >= 4 is 60.1 Å². The number of benzene rings is 2. The number of halogens is 2. The van der Waals surface area contributed by atoms with Crippen molar-refractivity contribution in [1.29, 1.82) is 0 Å². The molecule has 1 heterocycles. The standard InChI is InChI=1S/C21H17Br2NO4S/c1-2-27-21(26)19-15(13-7-9-14(22)10-8-13)12-29-20(19)24-18(25)11-28-17-6-4-3-5-16(17)23/h3-10,12H,2,11H2,1H3,(H,24,25). The van der Waals surface area contributed by atoms with Gasteiger partial charge in [-0.15, -0.1) is 11.3 Å². The molecule has 0 spiro atoms. The van der Waals surface area contributed by atoms with Gasteiger partial charge in [-0.05, 0) is 52.7 Å². The maximum Gasteiger partial charge on any atom is 0.341 e. The fourth-order valence-electron chi connectivity index (χ4n) is 2.57. The van der Waals surface area contributed by atoms with E-state index in [0.717, 1.165) is 14.5 Å². The van der Waals surface area contributed by atoms with Gasteiger partial charge in [0.1, 0.15) is 16.3 Å². The zero-order chi connectivity index (χ0) is 20.8. The van der Waals surface area contributed by atoms with E-state index in [4.69, 9.17) is 9.47 Å². The minimum absolute atomic E-state index is 0.184. The minimum atomic E-state index is -0.478. The number of anilines is 1. The van der Waals surface area contributed by atoms with Crippen molar-refractivity contribution in [2.45, 2.75) is 6.92 Å². The molecule has 0 fully saturated rings. The summed E-state index contributed by atoms with van der Waals surface area (Å²) in [5, 5.41) is 5.04. The average Bonchev–Trinajstić information content (AvgIpc) is 3.11. The molecular weight excluding hydrogens is 522 g/mol. The Morgan fingerprint density at radius 2 is 1.79 bits per heavy atom. The zero-order valence-corrected chi connectivity index (χ0v) is 19.4. The van der Waals surface area contributed by atoms with E-state index < -0.39 is 5.97 Å². The Bertz CT molecular complexity index is 1020. The SMILES string of the molecule is CCOC(=O)c1c(-c2ccc(Br)cc2)csc1NC(=O)COc1ccccc1Br. The lowest BCUT2D eigenvalue weighted by Crippen LogP contribution is -2.21. The largest absolute Gasteiger partial charge is 0.483 e. The van der Waals surface area contributed by atoms with Crippen LogP contribution in [0.15, 0.2) is 62.9 Å². The number of rotatable bonds is 7. The molecule has 2 aromatic carbocycles. The van der Waals surface area contributed by atoms with Gasteiger partial charge in [0.15, 0.2) is 6.61 Å². The number of esters is 1. The quantitative estimate of drug-likeness (QED) is 0.367. The smallest absolute Gasteiger partial charge is 0.341 e. The second-order valence-corrected chi connectivity index (χ2v) is 8.50. The van der Waals surface area contributed by atoms with E-state index in [1.54, 1.807) is 13.0 Å². The number of thiophene rings is 1. The summed E-state index contributed by atoms with van der Waals surface area (Å²) in [7, 11) is 0. The van der Waals surface area contributed by atoms with Crippen LogP contribution in [0.2, 0.25) is 0 Å². The molecule has 1 amide bonds. The van der Waals surface area contributed by atoms with Crippen LogP contribution in [0.3, 0.4) is 0 Å². The number of amides is 1. The summed E-state index contributed by atoms with van der Waals surface area (Å²) in [6.45, 7) is 1.80. The summed E-state index contributed by atoms with van der Waals surface area (Å²) >= 11 is 8.06. The third-order valence-corrected chi connectivity index (χ3v) is 5.95. The maximum atomic E-state index is 12.6. The molecule has 0 aliphatic carbocycles. The van der Waals surface area contributed by atoms with Crippen LogP contribution >= 0.6 is 43.2 Å². The van der Waals surface area contributed by atoms with Gasteiger partial charge in [-0.25, -0.2) is 4.79 Å². The molecule has 0 saturated carbocycles. The number of hydrogen-bond acceptors (Lipinski definition) is 5. The number of carbonyl (C=O) groups excluding carboxylic acids is 2. The highest BCUT2D eigenvalue weighted by Crippen LogP contribution is 2.36. The van der Waals surface area contributed by atoms with Crippen molar-refractivity contribution in [1.82, 2.24) is 0 Å². The maximum absolute atomic E-state index is 12.6. The van der Waals surface area contributed by atoms with Gasteiger partial charge >= 0.3 is 5.97 Å². The minimum Gasteiger partial charge on any atom is -0.483 e. The van der Waals surface area contributed by atoms with Gasteiger partial charge < -0.3 is 14.8 Å². The first-order valence-corrected chi connectivity index (χ1v) is 11.2. The second kappa shape index (κ2) is 10.0. The van der Waals surface area contributed by atoms with Crippen LogP contribution in [0.1, 0.15) is 17.3 Å². The molecule has 0 atom stereocenters. The van der Waals surface area contributed by atoms with Crippen molar-refractivity contribution in [3.63, 3.8) is 0 Å². The van der Waals surface area contributed by atoms with E-state index in [2.05, 4.69) is 37.2 Å². The van der Waals surface area contributed by atoms with Gasteiger partial charge in [-0.2, -0.15) is 0 Å². The highest BCUT2D eigenvalue weighted by Gasteiger charge is 2.23. The van der Waals surface area contributed by atoms with Crippen LogP contribution in [0.5, 0.6) is 5.75 Å². The molecule has 5 nitrogen and oxygen atoms in total. The molecule has 0 bridgehead atoms. The number of nitrogens with one attached hydrogen (secondary N) is 1. The Hall–Kier alpha value is -2.16. The molecule has 0 aliphatic rings. The lowest BCUT2D eigenvalue weighted by atomic mass is 10.0. The van der Waals surface area contributed by atoms with E-state index in [9.17, 15) is 9.59 Å². The van der Waals surface area contributed by atoms with Crippen LogP contribution in [-0.2, 0) is 9.53 Å². The van der Waals surface area contributed by atoms with Crippen molar-refractivity contribution in [3.8, 4) is 16.9 Å². The zero-order valence-electron chi connectivity index (χ0n) is 15.4. The van der Waals surface area contributed by atoms with Gasteiger partial charge in [-0.1, -0.05) is 40.2 Å². The van der Waals surface area contributed by atoms with Crippen LogP contribution in [0.4, 0.5) is 5.00 Å². The summed E-state index contributed by atoms with van der Waals surface area (Å²) in [4.78, 5) is 25.0. The van der Waals surface area contributed by atoms with E-state index in [1.165, 1.54) is 11.3 Å². The summed E-state index contributed by atoms with van der Waals surface area (Å²) in [6, 6.07) is 14.9. The van der Waals surface area contributed by atoms with Gasteiger partial charge in [0.25, 0.3) is 5.91 Å². The number of hydrogen-bond donors (Lipinski definition) is 1. The molecule has 0 radical (unpaired) electrons. The predicted octanol–water partition coefficient (Wildman–Crippen LogP) is 6.13. The van der Waals surface area contributed by atoms with E-state index in [1.807, 2.05) is 47.8 Å². The highest BCUT2D eigenvalue weighted by atomic mass is 79.9. The molecule has 1 N–H and O–H groups in total. The fraction of sp³-hybridized carbons (Fsp3) is 0.143. The normalized spacial score (nSPS) is 10.4. The monoisotopic (exact) mass is 537 g/mol. The molecule has 8 heteroatoms. The van der Waals surface area contributed by atoms with Gasteiger partial charge in [0.05, 0.1) is 11.1 Å². The van der Waals surface area contributed by atoms with Gasteiger partial charge in [0, 0.05) is 15.4 Å². The van der Waals surface area contributed by atoms with Crippen LogP contribution < -0.4 is 10.1 Å². The number of carbonyl (C=O) groups is 2. The Kier molecular flexibility index (Phi) is 7.46. The van der Waals surface area contributed by atoms with Crippen molar-refractivity contribution < 1.29 is 19.1 Å². The average molecular weight is 539 g/mol. The molecule has 0 aliphatic heterocycles. The molecular formula is C21H17Br2NO4S. The molecule has 0 saturated heterocycles. The summed E-state index contributed by atoms with van der Waals surface area (Å²) < 4.78 is 12.5. The number of ether oxygens (including phenoxy) is 2. The molecule has 3 rings (SSSR count). The summed E-state index contributed by atoms with van der Waals surface area (Å²) in [5.41, 5.74) is 1.91. The molecule has 150 valence electrons. The van der Waals surface area contributed by atoms with Crippen LogP contribution in [0.25, 0.3) is 11.1 Å². The molecule has 29 heavy (non-hydrogen) atoms. The predicted molar refractivity (Wildman–Crippen MR) is 122 cm³/mol. The van der Waals surface area contributed by atoms with E-state index in [-0.39, 0.29) is 19.1 Å².